The summed E-state index contributed by atoms with van der Waals surface area (Å²) in [7, 11) is 0. The molecule has 1 fully saturated rings. The number of benzene rings is 1. The van der Waals surface area contributed by atoms with Gasteiger partial charge in [0.05, 0.1) is 25.3 Å². The van der Waals surface area contributed by atoms with Gasteiger partial charge >= 0.3 is 5.97 Å². The number of nitrogens with zero attached hydrogens (tertiary/aromatic N) is 1. The summed E-state index contributed by atoms with van der Waals surface area (Å²) in [6, 6.07) is 9.61. The van der Waals surface area contributed by atoms with E-state index in [2.05, 4.69) is 5.32 Å². The fourth-order valence-corrected chi connectivity index (χ4v) is 3.79. The number of piperidine rings is 1. The van der Waals surface area contributed by atoms with Crippen LogP contribution in [0.5, 0.6) is 0 Å². The average Bonchev–Trinajstić information content (AvgIpc) is 3.30. The highest BCUT2D eigenvalue weighted by Gasteiger charge is 2.32. The standard InChI is InChI=1S/C23H28N4O5/c1-2-31-21(29)14-18(19-6-4-12-32-19)26-20(28)13-16-5-3-11-27(23(16)30)17-9-7-15(8-10-17)22(24)25/h4,6-10,12,16,18H,2-3,5,11,13-14H2,1H3,(H3,24,25)(H,26,28). The van der Waals surface area contributed by atoms with E-state index in [1.165, 1.54) is 6.26 Å². The van der Waals surface area contributed by atoms with Gasteiger partial charge in [-0.2, -0.15) is 0 Å². The molecule has 9 heteroatoms. The van der Waals surface area contributed by atoms with Crippen molar-refractivity contribution in [2.75, 3.05) is 18.1 Å². The predicted molar refractivity (Wildman–Crippen MR) is 118 cm³/mol. The lowest BCUT2D eigenvalue weighted by Gasteiger charge is -2.32. The predicted octanol–water partition coefficient (Wildman–Crippen LogP) is 2.51. The number of amides is 2. The van der Waals surface area contributed by atoms with E-state index in [1.54, 1.807) is 48.2 Å². The number of ether oxygens (including phenoxy) is 1. The van der Waals surface area contributed by atoms with Crippen LogP contribution in [-0.4, -0.2) is 36.8 Å². The molecule has 0 aliphatic carbocycles. The van der Waals surface area contributed by atoms with Gasteiger partial charge in [0.1, 0.15) is 11.6 Å². The van der Waals surface area contributed by atoms with Gasteiger partial charge < -0.3 is 25.1 Å². The first kappa shape index (κ1) is 23.1. The number of anilines is 1. The molecule has 2 heterocycles. The molecule has 2 amide bonds. The summed E-state index contributed by atoms with van der Waals surface area (Å²) in [5, 5.41) is 10.3. The van der Waals surface area contributed by atoms with E-state index >= 15 is 0 Å². The van der Waals surface area contributed by atoms with Crippen LogP contribution in [0.2, 0.25) is 0 Å². The summed E-state index contributed by atoms with van der Waals surface area (Å²) in [6.45, 7) is 2.53. The largest absolute Gasteiger partial charge is 0.467 e. The third-order valence-electron chi connectivity index (χ3n) is 5.37. The lowest BCUT2D eigenvalue weighted by molar-refractivity contribution is -0.144. The van der Waals surface area contributed by atoms with E-state index in [9.17, 15) is 14.4 Å². The first-order valence-electron chi connectivity index (χ1n) is 10.6. The Kier molecular flexibility index (Phi) is 7.64. The number of esters is 1. The number of nitrogen functional groups attached to an aromatic ring is 1. The smallest absolute Gasteiger partial charge is 0.308 e. The molecule has 1 aromatic heterocycles. The van der Waals surface area contributed by atoms with Crippen molar-refractivity contribution in [1.29, 1.82) is 5.41 Å². The Bertz CT molecular complexity index is 955. The number of carbonyl (C=O) groups excluding carboxylic acids is 3. The number of nitrogens with one attached hydrogen (secondary N) is 2. The maximum atomic E-state index is 13.0. The van der Waals surface area contributed by atoms with Crippen LogP contribution in [0.15, 0.2) is 47.1 Å². The van der Waals surface area contributed by atoms with Crippen LogP contribution in [0.3, 0.4) is 0 Å². The molecule has 2 aromatic rings. The van der Waals surface area contributed by atoms with Crippen molar-refractivity contribution in [2.24, 2.45) is 11.7 Å². The first-order valence-corrected chi connectivity index (χ1v) is 10.6. The highest BCUT2D eigenvalue weighted by atomic mass is 16.5. The monoisotopic (exact) mass is 440 g/mol. The summed E-state index contributed by atoms with van der Waals surface area (Å²) in [4.78, 5) is 39.4. The van der Waals surface area contributed by atoms with Gasteiger partial charge in [0.2, 0.25) is 11.8 Å². The van der Waals surface area contributed by atoms with E-state index in [4.69, 9.17) is 20.3 Å². The quantitative estimate of drug-likeness (QED) is 0.311. The van der Waals surface area contributed by atoms with Crippen LogP contribution < -0.4 is 16.0 Å². The summed E-state index contributed by atoms with van der Waals surface area (Å²) >= 11 is 0. The number of nitrogens with two attached hydrogens (primary N) is 1. The Morgan fingerprint density at radius 3 is 2.69 bits per heavy atom. The number of rotatable bonds is 9. The second-order valence-electron chi connectivity index (χ2n) is 7.64. The molecule has 9 nitrogen and oxygen atoms in total. The molecule has 170 valence electrons. The number of carbonyl (C=O) groups is 3. The number of furan rings is 1. The number of hydrogen-bond donors (Lipinski definition) is 3. The van der Waals surface area contributed by atoms with Crippen LogP contribution in [0.1, 0.15) is 50.0 Å². The lowest BCUT2D eigenvalue weighted by atomic mass is 9.92. The molecule has 2 atom stereocenters. The average molecular weight is 441 g/mol. The SMILES string of the molecule is CCOC(=O)CC(NC(=O)CC1CCCN(c2ccc(C(=N)N)cc2)C1=O)c1ccco1. The molecule has 3 rings (SSSR count). The van der Waals surface area contributed by atoms with Crippen molar-refractivity contribution in [3.63, 3.8) is 0 Å². The van der Waals surface area contributed by atoms with Crippen LogP contribution in [0.25, 0.3) is 0 Å². The van der Waals surface area contributed by atoms with Gasteiger partial charge in [0.15, 0.2) is 0 Å². The van der Waals surface area contributed by atoms with Crippen LogP contribution in [0.4, 0.5) is 5.69 Å². The van der Waals surface area contributed by atoms with Crippen molar-refractivity contribution in [3.8, 4) is 0 Å². The number of hydrogen-bond acceptors (Lipinski definition) is 6. The molecule has 0 radical (unpaired) electrons. The third-order valence-corrected chi connectivity index (χ3v) is 5.37. The van der Waals surface area contributed by atoms with E-state index in [0.717, 1.165) is 6.42 Å². The normalized spacial score (nSPS) is 17.0. The zero-order chi connectivity index (χ0) is 23.1. The molecule has 4 N–H and O–H groups in total. The van der Waals surface area contributed by atoms with Crippen molar-refractivity contribution >= 4 is 29.3 Å². The highest BCUT2D eigenvalue weighted by Crippen LogP contribution is 2.27. The highest BCUT2D eigenvalue weighted by molar-refractivity contribution is 5.99. The van der Waals surface area contributed by atoms with Crippen molar-refractivity contribution < 1.29 is 23.5 Å². The minimum absolute atomic E-state index is 0.0148. The number of amidine groups is 1. The van der Waals surface area contributed by atoms with E-state index < -0.39 is 17.9 Å². The molecule has 1 aliphatic rings. The van der Waals surface area contributed by atoms with E-state index in [-0.39, 0.29) is 37.1 Å². The summed E-state index contributed by atoms with van der Waals surface area (Å²) in [5.41, 5.74) is 6.78. The van der Waals surface area contributed by atoms with Gasteiger partial charge in [0, 0.05) is 30.1 Å². The molecule has 1 saturated heterocycles. The molecule has 1 aliphatic heterocycles. The maximum Gasteiger partial charge on any atom is 0.308 e. The molecule has 0 spiro atoms. The molecular weight excluding hydrogens is 412 g/mol. The minimum Gasteiger partial charge on any atom is -0.467 e. The van der Waals surface area contributed by atoms with Crippen LogP contribution in [0, 0.1) is 11.3 Å². The van der Waals surface area contributed by atoms with Gasteiger partial charge in [-0.3, -0.25) is 19.8 Å². The van der Waals surface area contributed by atoms with Crippen molar-refractivity contribution in [1.82, 2.24) is 5.32 Å². The second kappa shape index (κ2) is 10.6. The van der Waals surface area contributed by atoms with Crippen LogP contribution >= 0.6 is 0 Å². The molecular formula is C23H28N4O5. The Balaban J connectivity index is 1.64. The Hall–Kier alpha value is -3.62. The van der Waals surface area contributed by atoms with Gasteiger partial charge in [-0.25, -0.2) is 0 Å². The van der Waals surface area contributed by atoms with E-state index in [0.29, 0.717) is 30.0 Å². The summed E-state index contributed by atoms with van der Waals surface area (Å²) < 4.78 is 10.4. The zero-order valence-electron chi connectivity index (χ0n) is 18.0. The molecule has 0 bridgehead atoms. The molecule has 32 heavy (non-hydrogen) atoms. The summed E-state index contributed by atoms with van der Waals surface area (Å²) in [6.07, 6.45) is 2.81. The third kappa shape index (κ3) is 5.75. The topological polar surface area (TPSA) is 139 Å². The molecule has 0 saturated carbocycles. The fourth-order valence-electron chi connectivity index (χ4n) is 3.79. The first-order chi connectivity index (χ1) is 15.4. The Morgan fingerprint density at radius 2 is 2.06 bits per heavy atom. The Morgan fingerprint density at radius 1 is 1.31 bits per heavy atom. The van der Waals surface area contributed by atoms with Gasteiger partial charge in [-0.05, 0) is 56.2 Å². The van der Waals surface area contributed by atoms with Crippen molar-refractivity contribution in [3.05, 3.63) is 54.0 Å². The molecule has 1 aromatic carbocycles. The second-order valence-corrected chi connectivity index (χ2v) is 7.64. The summed E-state index contributed by atoms with van der Waals surface area (Å²) in [5.74, 6) is -0.942. The molecule has 2 unspecified atom stereocenters. The van der Waals surface area contributed by atoms with Crippen molar-refractivity contribution in [2.45, 2.75) is 38.6 Å². The maximum absolute atomic E-state index is 13.0. The van der Waals surface area contributed by atoms with Crippen LogP contribution in [-0.2, 0) is 19.1 Å². The minimum atomic E-state index is -0.662. The Labute approximate surface area is 186 Å². The van der Waals surface area contributed by atoms with E-state index in [1.807, 2.05) is 0 Å². The van der Waals surface area contributed by atoms with Gasteiger partial charge in [0.25, 0.3) is 0 Å². The zero-order valence-corrected chi connectivity index (χ0v) is 18.0. The van der Waals surface area contributed by atoms with Gasteiger partial charge in [-0.15, -0.1) is 0 Å². The lowest BCUT2D eigenvalue weighted by Crippen LogP contribution is -2.43. The fraction of sp³-hybridized carbons (Fsp3) is 0.391. The van der Waals surface area contributed by atoms with Gasteiger partial charge in [-0.1, -0.05) is 0 Å².